The highest BCUT2D eigenvalue weighted by Crippen LogP contribution is 2.38. The maximum absolute atomic E-state index is 13.6. The highest BCUT2D eigenvalue weighted by molar-refractivity contribution is 7.92. The van der Waals surface area contributed by atoms with E-state index >= 15 is 0 Å². The van der Waals surface area contributed by atoms with Crippen molar-refractivity contribution in [1.82, 2.24) is 0 Å². The van der Waals surface area contributed by atoms with E-state index in [0.29, 0.717) is 34.4 Å². The Hall–Kier alpha value is -3.92. The van der Waals surface area contributed by atoms with E-state index in [1.165, 1.54) is 37.8 Å². The molecule has 1 heterocycles. The predicted molar refractivity (Wildman–Crippen MR) is 131 cm³/mol. The van der Waals surface area contributed by atoms with Gasteiger partial charge < -0.3 is 24.3 Å². The minimum absolute atomic E-state index is 0.0748. The van der Waals surface area contributed by atoms with Crippen LogP contribution in [0.5, 0.6) is 23.0 Å². The van der Waals surface area contributed by atoms with Gasteiger partial charge >= 0.3 is 0 Å². The molecule has 35 heavy (non-hydrogen) atoms. The van der Waals surface area contributed by atoms with Crippen LogP contribution in [0.3, 0.4) is 0 Å². The third kappa shape index (κ3) is 4.83. The summed E-state index contributed by atoms with van der Waals surface area (Å²) < 4.78 is 50.0. The third-order valence-electron chi connectivity index (χ3n) is 5.58. The Bertz CT molecular complexity index is 1340. The number of nitrogens with one attached hydrogen (secondary N) is 1. The fraction of sp³-hybridized carbons (Fsp3) is 0.240. The van der Waals surface area contributed by atoms with Crippen molar-refractivity contribution in [2.75, 3.05) is 37.5 Å². The second kappa shape index (κ2) is 9.75. The molecular formula is C25H26N2O7S. The van der Waals surface area contributed by atoms with E-state index in [1.807, 2.05) is 6.92 Å². The zero-order valence-electron chi connectivity index (χ0n) is 19.8. The topological polar surface area (TPSA) is 103 Å². The van der Waals surface area contributed by atoms with Crippen LogP contribution in [0.25, 0.3) is 0 Å². The van der Waals surface area contributed by atoms with E-state index in [-0.39, 0.29) is 11.4 Å². The second-order valence-corrected chi connectivity index (χ2v) is 9.71. The van der Waals surface area contributed by atoms with Gasteiger partial charge in [0, 0.05) is 11.8 Å². The zero-order chi connectivity index (χ0) is 25.2. The standard InChI is InChI=1S/C25H26N2O7S/c1-16-5-11-20-22(13-16)34-24(25(28)26-17-6-12-21(32-3)23(14-17)33-4)15-27(20)35(29,30)19-9-7-18(31-2)8-10-19/h5-14,24H,15H2,1-4H3,(H,26,28)/t24-/m1/s1. The van der Waals surface area contributed by atoms with Crippen LogP contribution in [-0.4, -0.2) is 48.3 Å². The summed E-state index contributed by atoms with van der Waals surface area (Å²) in [5.74, 6) is 1.30. The molecule has 1 atom stereocenters. The van der Waals surface area contributed by atoms with Crippen molar-refractivity contribution >= 4 is 27.3 Å². The van der Waals surface area contributed by atoms with Crippen LogP contribution in [0.1, 0.15) is 5.56 Å². The highest BCUT2D eigenvalue weighted by atomic mass is 32.2. The molecule has 3 aromatic rings. The van der Waals surface area contributed by atoms with E-state index in [9.17, 15) is 13.2 Å². The van der Waals surface area contributed by atoms with E-state index in [1.54, 1.807) is 48.5 Å². The Balaban J connectivity index is 1.66. The Labute approximate surface area is 204 Å². The Morgan fingerprint density at radius 1 is 0.943 bits per heavy atom. The van der Waals surface area contributed by atoms with Gasteiger partial charge in [-0.3, -0.25) is 9.10 Å². The molecule has 0 bridgehead atoms. The van der Waals surface area contributed by atoms with Crippen molar-refractivity contribution in [3.63, 3.8) is 0 Å². The fourth-order valence-electron chi connectivity index (χ4n) is 3.74. The summed E-state index contributed by atoms with van der Waals surface area (Å²) in [7, 11) is 0.527. The normalized spacial score (nSPS) is 15.0. The Morgan fingerprint density at radius 3 is 2.31 bits per heavy atom. The SMILES string of the molecule is COc1ccc(S(=O)(=O)N2C[C@H](C(=O)Nc3ccc(OC)c(OC)c3)Oc3cc(C)ccc32)cc1. The lowest BCUT2D eigenvalue weighted by molar-refractivity contribution is -0.122. The first-order valence-corrected chi connectivity index (χ1v) is 12.2. The number of anilines is 2. The number of hydrogen-bond donors (Lipinski definition) is 1. The summed E-state index contributed by atoms with van der Waals surface area (Å²) in [6, 6.07) is 16.2. The molecule has 4 rings (SSSR count). The maximum atomic E-state index is 13.6. The van der Waals surface area contributed by atoms with Crippen molar-refractivity contribution in [3.8, 4) is 23.0 Å². The number of sulfonamides is 1. The number of fused-ring (bicyclic) bond motifs is 1. The molecule has 1 amide bonds. The minimum atomic E-state index is -3.99. The second-order valence-electron chi connectivity index (χ2n) is 7.85. The molecule has 0 saturated heterocycles. The summed E-state index contributed by atoms with van der Waals surface area (Å²) in [4.78, 5) is 13.2. The van der Waals surface area contributed by atoms with Crippen LogP contribution in [-0.2, 0) is 14.8 Å². The van der Waals surface area contributed by atoms with Gasteiger partial charge in [-0.1, -0.05) is 6.07 Å². The van der Waals surface area contributed by atoms with Gasteiger partial charge in [-0.2, -0.15) is 0 Å². The number of aryl methyl sites for hydroxylation is 1. The number of carbonyl (C=O) groups excluding carboxylic acids is 1. The molecule has 1 aliphatic heterocycles. The first kappa shape index (κ1) is 24.2. The predicted octanol–water partition coefficient (Wildman–Crippen LogP) is 3.62. The largest absolute Gasteiger partial charge is 0.497 e. The lowest BCUT2D eigenvalue weighted by atomic mass is 10.1. The monoisotopic (exact) mass is 498 g/mol. The zero-order valence-corrected chi connectivity index (χ0v) is 20.6. The number of nitrogens with zero attached hydrogens (tertiary/aromatic N) is 1. The number of rotatable bonds is 7. The van der Waals surface area contributed by atoms with Crippen molar-refractivity contribution in [3.05, 3.63) is 66.2 Å². The molecule has 1 N–H and O–H groups in total. The van der Waals surface area contributed by atoms with Crippen LogP contribution in [0.15, 0.2) is 65.6 Å². The van der Waals surface area contributed by atoms with Gasteiger partial charge in [0.25, 0.3) is 15.9 Å². The van der Waals surface area contributed by atoms with Gasteiger partial charge in [-0.25, -0.2) is 8.42 Å². The molecule has 0 aromatic heterocycles. The molecule has 184 valence electrons. The van der Waals surface area contributed by atoms with Crippen LogP contribution < -0.4 is 28.6 Å². The number of carbonyl (C=O) groups is 1. The lowest BCUT2D eigenvalue weighted by Crippen LogP contribution is -2.48. The molecule has 0 fully saturated rings. The summed E-state index contributed by atoms with van der Waals surface area (Å²) in [5.41, 5.74) is 1.68. The molecular weight excluding hydrogens is 472 g/mol. The molecule has 9 nitrogen and oxygen atoms in total. The number of methoxy groups -OCH3 is 3. The van der Waals surface area contributed by atoms with Gasteiger partial charge in [0.2, 0.25) is 0 Å². The molecule has 10 heteroatoms. The van der Waals surface area contributed by atoms with E-state index in [2.05, 4.69) is 5.32 Å². The average Bonchev–Trinajstić information content (AvgIpc) is 2.87. The number of hydrogen-bond acceptors (Lipinski definition) is 7. The van der Waals surface area contributed by atoms with E-state index in [4.69, 9.17) is 18.9 Å². The quantitative estimate of drug-likeness (QED) is 0.531. The minimum Gasteiger partial charge on any atom is -0.497 e. The molecule has 0 spiro atoms. The number of benzene rings is 3. The van der Waals surface area contributed by atoms with Gasteiger partial charge in [-0.05, 0) is 61.0 Å². The molecule has 3 aromatic carbocycles. The molecule has 0 saturated carbocycles. The summed E-state index contributed by atoms with van der Waals surface area (Å²) in [5, 5.41) is 2.77. The van der Waals surface area contributed by atoms with Crippen LogP contribution in [0, 0.1) is 6.92 Å². The van der Waals surface area contributed by atoms with Gasteiger partial charge in [0.1, 0.15) is 11.5 Å². The molecule has 0 radical (unpaired) electrons. The molecule has 0 unspecified atom stereocenters. The van der Waals surface area contributed by atoms with Crippen molar-refractivity contribution in [1.29, 1.82) is 0 Å². The van der Waals surface area contributed by atoms with Crippen molar-refractivity contribution < 1.29 is 32.2 Å². The van der Waals surface area contributed by atoms with E-state index in [0.717, 1.165) is 5.56 Å². The van der Waals surface area contributed by atoms with Crippen molar-refractivity contribution in [2.45, 2.75) is 17.9 Å². The highest BCUT2D eigenvalue weighted by Gasteiger charge is 2.37. The van der Waals surface area contributed by atoms with Gasteiger partial charge in [-0.15, -0.1) is 0 Å². The summed E-state index contributed by atoms with van der Waals surface area (Å²) >= 11 is 0. The maximum Gasteiger partial charge on any atom is 0.267 e. The molecule has 1 aliphatic rings. The van der Waals surface area contributed by atoms with Crippen molar-refractivity contribution in [2.24, 2.45) is 0 Å². The van der Waals surface area contributed by atoms with Crippen LogP contribution in [0.4, 0.5) is 11.4 Å². The van der Waals surface area contributed by atoms with E-state index < -0.39 is 22.0 Å². The summed E-state index contributed by atoms with van der Waals surface area (Å²) in [6.07, 6.45) is -1.09. The summed E-state index contributed by atoms with van der Waals surface area (Å²) in [6.45, 7) is 1.66. The smallest absolute Gasteiger partial charge is 0.267 e. The first-order chi connectivity index (χ1) is 16.8. The fourth-order valence-corrected chi connectivity index (χ4v) is 5.21. The molecule has 0 aliphatic carbocycles. The lowest BCUT2D eigenvalue weighted by Gasteiger charge is -2.35. The third-order valence-corrected chi connectivity index (χ3v) is 7.37. The van der Waals surface area contributed by atoms with Gasteiger partial charge in [0.15, 0.2) is 17.6 Å². The average molecular weight is 499 g/mol. The number of ether oxygens (including phenoxy) is 4. The van der Waals surface area contributed by atoms with Gasteiger partial charge in [0.05, 0.1) is 38.5 Å². The Kier molecular flexibility index (Phi) is 6.74. The van der Waals surface area contributed by atoms with Crippen LogP contribution in [0.2, 0.25) is 0 Å². The number of amides is 1. The van der Waals surface area contributed by atoms with Crippen LogP contribution >= 0.6 is 0 Å². The first-order valence-electron chi connectivity index (χ1n) is 10.7. The Morgan fingerprint density at radius 2 is 1.66 bits per heavy atom.